The Labute approximate surface area is 67.5 Å². The maximum Gasteiger partial charge on any atom is 0.0300 e. The van der Waals surface area contributed by atoms with Gasteiger partial charge in [0.15, 0.2) is 0 Å². The smallest absolute Gasteiger partial charge is 0.0300 e. The molecule has 0 bridgehead atoms. The van der Waals surface area contributed by atoms with Crippen molar-refractivity contribution in [1.29, 1.82) is 0 Å². The number of rotatable bonds is 2. The van der Waals surface area contributed by atoms with Crippen LogP contribution in [0.25, 0.3) is 0 Å². The lowest BCUT2D eigenvalue weighted by Gasteiger charge is -1.93. The third kappa shape index (κ3) is 2.86. The molecule has 56 valence electrons. The molecule has 0 unspecified atom stereocenters. The van der Waals surface area contributed by atoms with Crippen molar-refractivity contribution in [2.24, 2.45) is 0 Å². The van der Waals surface area contributed by atoms with Crippen LogP contribution in [-0.4, -0.2) is 4.98 Å². The molecule has 1 aromatic rings. The molecular formula is C10H11N. The number of pyridine rings is 1. The molecule has 0 radical (unpaired) electrons. The van der Waals surface area contributed by atoms with Crippen LogP contribution in [0.1, 0.15) is 18.9 Å². The highest BCUT2D eigenvalue weighted by Gasteiger charge is 1.87. The third-order valence-electron chi connectivity index (χ3n) is 1.44. The molecule has 0 aliphatic rings. The van der Waals surface area contributed by atoms with Crippen LogP contribution < -0.4 is 0 Å². The van der Waals surface area contributed by atoms with Gasteiger partial charge in [0.25, 0.3) is 0 Å². The molecule has 0 amide bonds. The van der Waals surface area contributed by atoms with E-state index in [1.54, 1.807) is 6.20 Å². The Bertz CT molecular complexity index is 253. The normalized spacial score (nSPS) is 8.45. The van der Waals surface area contributed by atoms with E-state index in [0.29, 0.717) is 0 Å². The standard InChI is InChI=1S/C10H11N/c1-2-3-4-6-10-7-5-8-11-9-10/h5,7-9H,4,6H2,1H3. The van der Waals surface area contributed by atoms with E-state index in [-0.39, 0.29) is 0 Å². The number of hydrogen-bond acceptors (Lipinski definition) is 1. The van der Waals surface area contributed by atoms with Crippen LogP contribution in [0.5, 0.6) is 0 Å². The summed E-state index contributed by atoms with van der Waals surface area (Å²) in [4.78, 5) is 4.02. The third-order valence-corrected chi connectivity index (χ3v) is 1.44. The van der Waals surface area contributed by atoms with Gasteiger partial charge in [-0.2, -0.15) is 0 Å². The topological polar surface area (TPSA) is 12.9 Å². The van der Waals surface area contributed by atoms with Crippen molar-refractivity contribution in [3.8, 4) is 11.8 Å². The molecule has 0 N–H and O–H groups in total. The van der Waals surface area contributed by atoms with Crippen LogP contribution in [0, 0.1) is 11.8 Å². The lowest BCUT2D eigenvalue weighted by Crippen LogP contribution is -1.83. The fourth-order valence-corrected chi connectivity index (χ4v) is 0.878. The van der Waals surface area contributed by atoms with Crippen LogP contribution in [0.2, 0.25) is 0 Å². The Hall–Kier alpha value is -1.29. The van der Waals surface area contributed by atoms with Crippen molar-refractivity contribution in [2.75, 3.05) is 0 Å². The molecule has 0 saturated heterocycles. The average molecular weight is 145 g/mol. The first-order valence-corrected chi connectivity index (χ1v) is 3.72. The number of nitrogens with zero attached hydrogens (tertiary/aromatic N) is 1. The average Bonchev–Trinajstić information content (AvgIpc) is 2.07. The first kappa shape index (κ1) is 7.81. The highest BCUT2D eigenvalue weighted by Crippen LogP contribution is 1.98. The molecule has 1 heterocycles. The molecule has 1 heteroatoms. The lowest BCUT2D eigenvalue weighted by atomic mass is 10.2. The summed E-state index contributed by atoms with van der Waals surface area (Å²) in [5.74, 6) is 5.89. The van der Waals surface area contributed by atoms with Crippen molar-refractivity contribution in [1.82, 2.24) is 4.98 Å². The van der Waals surface area contributed by atoms with Crippen molar-refractivity contribution in [2.45, 2.75) is 19.8 Å². The molecule has 0 atom stereocenters. The highest BCUT2D eigenvalue weighted by atomic mass is 14.6. The van der Waals surface area contributed by atoms with Gasteiger partial charge in [0, 0.05) is 18.8 Å². The van der Waals surface area contributed by atoms with Crippen molar-refractivity contribution < 1.29 is 0 Å². The van der Waals surface area contributed by atoms with Gasteiger partial charge >= 0.3 is 0 Å². The molecule has 0 aliphatic heterocycles. The summed E-state index contributed by atoms with van der Waals surface area (Å²) in [6.07, 6.45) is 5.61. The second kappa shape index (κ2) is 4.51. The number of aryl methyl sites for hydroxylation is 1. The Balaban J connectivity index is 2.43. The maximum absolute atomic E-state index is 4.02. The Morgan fingerprint density at radius 1 is 1.55 bits per heavy atom. The van der Waals surface area contributed by atoms with Gasteiger partial charge in [-0.3, -0.25) is 4.98 Å². The maximum atomic E-state index is 4.02. The lowest BCUT2D eigenvalue weighted by molar-refractivity contribution is 1.01. The van der Waals surface area contributed by atoms with Crippen LogP contribution in [0.15, 0.2) is 24.5 Å². The van der Waals surface area contributed by atoms with E-state index >= 15 is 0 Å². The summed E-state index contributed by atoms with van der Waals surface area (Å²) in [6.45, 7) is 1.86. The summed E-state index contributed by atoms with van der Waals surface area (Å²) in [7, 11) is 0. The molecule has 0 saturated carbocycles. The van der Waals surface area contributed by atoms with E-state index in [0.717, 1.165) is 12.8 Å². The van der Waals surface area contributed by atoms with E-state index < -0.39 is 0 Å². The molecule has 11 heavy (non-hydrogen) atoms. The largest absolute Gasteiger partial charge is 0.264 e. The van der Waals surface area contributed by atoms with Gasteiger partial charge in [0.2, 0.25) is 0 Å². The van der Waals surface area contributed by atoms with E-state index in [9.17, 15) is 0 Å². The minimum absolute atomic E-state index is 0.933. The highest BCUT2D eigenvalue weighted by molar-refractivity contribution is 5.10. The first-order valence-electron chi connectivity index (χ1n) is 3.72. The summed E-state index contributed by atoms with van der Waals surface area (Å²) in [6, 6.07) is 4.03. The zero-order chi connectivity index (χ0) is 7.94. The second-order valence-electron chi connectivity index (χ2n) is 2.29. The van der Waals surface area contributed by atoms with E-state index in [1.165, 1.54) is 5.56 Å². The summed E-state index contributed by atoms with van der Waals surface area (Å²) in [5.41, 5.74) is 1.26. The van der Waals surface area contributed by atoms with Gasteiger partial charge in [0.05, 0.1) is 0 Å². The monoisotopic (exact) mass is 145 g/mol. The summed E-state index contributed by atoms with van der Waals surface area (Å²) >= 11 is 0. The first-order chi connectivity index (χ1) is 5.43. The number of hydrogen-bond donors (Lipinski definition) is 0. The fraction of sp³-hybridized carbons (Fsp3) is 0.300. The van der Waals surface area contributed by atoms with Gasteiger partial charge in [-0.25, -0.2) is 0 Å². The van der Waals surface area contributed by atoms with E-state index in [2.05, 4.69) is 22.9 Å². The zero-order valence-corrected chi connectivity index (χ0v) is 6.67. The van der Waals surface area contributed by atoms with Crippen molar-refractivity contribution >= 4 is 0 Å². The van der Waals surface area contributed by atoms with Crippen LogP contribution >= 0.6 is 0 Å². The van der Waals surface area contributed by atoms with Crippen molar-refractivity contribution in [3.05, 3.63) is 30.1 Å². The second-order valence-corrected chi connectivity index (χ2v) is 2.29. The Morgan fingerprint density at radius 3 is 3.09 bits per heavy atom. The minimum atomic E-state index is 0.933. The summed E-state index contributed by atoms with van der Waals surface area (Å²) in [5, 5.41) is 0. The predicted octanol–water partition coefficient (Wildman–Crippen LogP) is 2.04. The molecule has 1 rings (SSSR count). The van der Waals surface area contributed by atoms with Gasteiger partial charge in [-0.15, -0.1) is 11.8 Å². The number of aromatic nitrogens is 1. The molecule has 0 fully saturated rings. The molecule has 1 aromatic heterocycles. The molecule has 0 spiro atoms. The Kier molecular flexibility index (Phi) is 3.21. The Morgan fingerprint density at radius 2 is 2.45 bits per heavy atom. The van der Waals surface area contributed by atoms with Gasteiger partial charge in [-0.05, 0) is 25.0 Å². The van der Waals surface area contributed by atoms with Crippen LogP contribution in [-0.2, 0) is 6.42 Å². The van der Waals surface area contributed by atoms with Crippen LogP contribution in [0.3, 0.4) is 0 Å². The molecule has 0 aromatic carbocycles. The predicted molar refractivity (Wildman–Crippen MR) is 46.0 cm³/mol. The van der Waals surface area contributed by atoms with Crippen molar-refractivity contribution in [3.63, 3.8) is 0 Å². The van der Waals surface area contributed by atoms with Crippen LogP contribution in [0.4, 0.5) is 0 Å². The van der Waals surface area contributed by atoms with Gasteiger partial charge in [-0.1, -0.05) is 6.07 Å². The summed E-state index contributed by atoms with van der Waals surface area (Å²) < 4.78 is 0. The molecule has 1 nitrogen and oxygen atoms in total. The minimum Gasteiger partial charge on any atom is -0.264 e. The quantitative estimate of drug-likeness (QED) is 0.580. The molecular weight excluding hydrogens is 134 g/mol. The molecule has 0 aliphatic carbocycles. The van der Waals surface area contributed by atoms with Gasteiger partial charge in [0.1, 0.15) is 0 Å². The SMILES string of the molecule is CC#CCCc1cccnc1. The zero-order valence-electron chi connectivity index (χ0n) is 6.67. The van der Waals surface area contributed by atoms with Gasteiger partial charge < -0.3 is 0 Å². The fourth-order valence-electron chi connectivity index (χ4n) is 0.878. The van der Waals surface area contributed by atoms with E-state index in [1.807, 2.05) is 19.2 Å². The van der Waals surface area contributed by atoms with E-state index in [4.69, 9.17) is 0 Å².